The van der Waals surface area contributed by atoms with Gasteiger partial charge in [-0.05, 0) is 20.0 Å². The van der Waals surface area contributed by atoms with Crippen molar-refractivity contribution in [2.45, 2.75) is 13.0 Å². The van der Waals surface area contributed by atoms with Gasteiger partial charge in [-0.15, -0.1) is 0 Å². The summed E-state index contributed by atoms with van der Waals surface area (Å²) in [5.74, 6) is -0.112. The molecule has 1 aromatic carbocycles. The lowest BCUT2D eigenvalue weighted by atomic mass is 10.1. The molecule has 1 fully saturated rings. The third-order valence-electron chi connectivity index (χ3n) is 3.87. The van der Waals surface area contributed by atoms with Crippen molar-refractivity contribution >= 4 is 5.91 Å². The fourth-order valence-corrected chi connectivity index (χ4v) is 2.42. The monoisotopic (exact) mass is 279 g/mol. The minimum Gasteiger partial charge on any atom is -0.339 e. The lowest BCUT2D eigenvalue weighted by molar-refractivity contribution is -0.133. The Kier molecular flexibility index (Phi) is 5.09. The molecule has 5 heteroatoms. The molecule has 1 saturated heterocycles. The molecule has 0 bridgehead atoms. The first kappa shape index (κ1) is 14.9. The second-order valence-corrected chi connectivity index (χ2v) is 5.24. The Hall–Kier alpha value is -1.46. The maximum atomic E-state index is 13.8. The molecule has 1 amide bonds. The van der Waals surface area contributed by atoms with E-state index in [1.165, 1.54) is 6.07 Å². The minimum atomic E-state index is -0.221. The Bertz CT molecular complexity index is 460. The number of hydrogen-bond donors (Lipinski definition) is 1. The number of piperazine rings is 1. The van der Waals surface area contributed by atoms with Crippen molar-refractivity contribution in [1.82, 2.24) is 15.1 Å². The number of rotatable bonds is 4. The summed E-state index contributed by atoms with van der Waals surface area (Å²) in [6.07, 6.45) is 0. The highest BCUT2D eigenvalue weighted by molar-refractivity contribution is 5.78. The highest BCUT2D eigenvalue weighted by Gasteiger charge is 2.21. The number of nitrogens with one attached hydrogen (secondary N) is 1. The van der Waals surface area contributed by atoms with Crippen LogP contribution in [-0.4, -0.2) is 55.5 Å². The number of likely N-dealkylation sites (N-methyl/N-ethyl adjacent to an activating group) is 1. The maximum absolute atomic E-state index is 13.8. The third kappa shape index (κ3) is 3.55. The number of amides is 1. The lowest BCUT2D eigenvalue weighted by Crippen LogP contribution is -2.49. The predicted octanol–water partition coefficient (Wildman–Crippen LogP) is 1.25. The van der Waals surface area contributed by atoms with Gasteiger partial charge in [0.15, 0.2) is 0 Å². The summed E-state index contributed by atoms with van der Waals surface area (Å²) in [4.78, 5) is 15.9. The summed E-state index contributed by atoms with van der Waals surface area (Å²) in [6.45, 7) is 5.43. The van der Waals surface area contributed by atoms with Gasteiger partial charge in [-0.1, -0.05) is 18.2 Å². The van der Waals surface area contributed by atoms with E-state index in [-0.39, 0.29) is 17.8 Å². The zero-order valence-electron chi connectivity index (χ0n) is 12.1. The van der Waals surface area contributed by atoms with E-state index >= 15 is 0 Å². The number of hydrogen-bond acceptors (Lipinski definition) is 3. The summed E-state index contributed by atoms with van der Waals surface area (Å²) in [5, 5.41) is 3.22. The normalized spacial score (nSPS) is 17.3. The average molecular weight is 279 g/mol. The van der Waals surface area contributed by atoms with Crippen LogP contribution in [0.1, 0.15) is 18.5 Å². The summed E-state index contributed by atoms with van der Waals surface area (Å²) < 4.78 is 13.8. The molecule has 1 aliphatic heterocycles. The highest BCUT2D eigenvalue weighted by Crippen LogP contribution is 2.21. The Labute approximate surface area is 119 Å². The van der Waals surface area contributed by atoms with Gasteiger partial charge < -0.3 is 10.2 Å². The van der Waals surface area contributed by atoms with Crippen molar-refractivity contribution in [2.24, 2.45) is 0 Å². The molecular formula is C15H22FN3O. The maximum Gasteiger partial charge on any atom is 0.236 e. The van der Waals surface area contributed by atoms with Gasteiger partial charge in [0.05, 0.1) is 6.54 Å². The van der Waals surface area contributed by atoms with Gasteiger partial charge in [0.2, 0.25) is 5.91 Å². The second-order valence-electron chi connectivity index (χ2n) is 5.24. The third-order valence-corrected chi connectivity index (χ3v) is 3.87. The van der Waals surface area contributed by atoms with Gasteiger partial charge in [0, 0.05) is 37.8 Å². The van der Waals surface area contributed by atoms with Crippen LogP contribution in [0.15, 0.2) is 24.3 Å². The van der Waals surface area contributed by atoms with Gasteiger partial charge in [-0.25, -0.2) is 4.39 Å². The Morgan fingerprint density at radius 1 is 1.40 bits per heavy atom. The van der Waals surface area contributed by atoms with Gasteiger partial charge in [0.25, 0.3) is 0 Å². The molecule has 4 nitrogen and oxygen atoms in total. The van der Waals surface area contributed by atoms with Crippen LogP contribution in [0.2, 0.25) is 0 Å². The van der Waals surface area contributed by atoms with Gasteiger partial charge >= 0.3 is 0 Å². The van der Waals surface area contributed by atoms with E-state index in [0.29, 0.717) is 12.1 Å². The number of benzene rings is 1. The van der Waals surface area contributed by atoms with E-state index in [1.807, 2.05) is 29.8 Å². The summed E-state index contributed by atoms with van der Waals surface area (Å²) in [6, 6.07) is 6.60. The first-order chi connectivity index (χ1) is 9.59. The Balaban J connectivity index is 1.95. The van der Waals surface area contributed by atoms with Crippen LogP contribution < -0.4 is 5.32 Å². The van der Waals surface area contributed by atoms with Crippen LogP contribution in [0.5, 0.6) is 0 Å². The average Bonchev–Trinajstić information content (AvgIpc) is 2.48. The molecule has 0 spiro atoms. The molecule has 20 heavy (non-hydrogen) atoms. The fraction of sp³-hybridized carbons (Fsp3) is 0.533. The predicted molar refractivity (Wildman–Crippen MR) is 76.9 cm³/mol. The molecule has 1 unspecified atom stereocenters. The van der Waals surface area contributed by atoms with E-state index in [1.54, 1.807) is 12.1 Å². The Morgan fingerprint density at radius 3 is 2.70 bits per heavy atom. The molecule has 1 atom stereocenters. The Morgan fingerprint density at radius 2 is 2.05 bits per heavy atom. The van der Waals surface area contributed by atoms with Crippen LogP contribution in [0.3, 0.4) is 0 Å². The van der Waals surface area contributed by atoms with Gasteiger partial charge in [-0.3, -0.25) is 9.69 Å². The van der Waals surface area contributed by atoms with Crippen molar-refractivity contribution in [3.05, 3.63) is 35.6 Å². The topological polar surface area (TPSA) is 35.6 Å². The number of halogens is 1. The minimum absolute atomic E-state index is 0.109. The number of nitrogens with zero attached hydrogens (tertiary/aromatic N) is 2. The van der Waals surface area contributed by atoms with E-state index in [4.69, 9.17) is 0 Å². The van der Waals surface area contributed by atoms with Crippen LogP contribution in [0.4, 0.5) is 4.39 Å². The number of carbonyl (C=O) groups excluding carboxylic acids is 1. The highest BCUT2D eigenvalue weighted by atomic mass is 19.1. The fourth-order valence-electron chi connectivity index (χ4n) is 2.42. The molecular weight excluding hydrogens is 257 g/mol. The van der Waals surface area contributed by atoms with Crippen LogP contribution in [0, 0.1) is 5.82 Å². The van der Waals surface area contributed by atoms with Crippen molar-refractivity contribution in [3.8, 4) is 0 Å². The van der Waals surface area contributed by atoms with Crippen molar-refractivity contribution in [2.75, 3.05) is 39.8 Å². The molecule has 1 heterocycles. The standard InChI is InChI=1S/C15H22FN3O/c1-12(13-5-3-4-6-14(13)16)18(2)11-15(20)19-9-7-17-8-10-19/h3-6,12,17H,7-11H2,1-2H3. The molecule has 0 radical (unpaired) electrons. The summed E-state index contributed by atoms with van der Waals surface area (Å²) >= 11 is 0. The number of carbonyl (C=O) groups is 1. The van der Waals surface area contributed by atoms with Crippen molar-refractivity contribution in [1.29, 1.82) is 0 Å². The van der Waals surface area contributed by atoms with E-state index in [0.717, 1.165) is 26.2 Å². The van der Waals surface area contributed by atoms with Crippen molar-refractivity contribution in [3.63, 3.8) is 0 Å². The molecule has 0 aromatic heterocycles. The SMILES string of the molecule is CC(c1ccccc1F)N(C)CC(=O)N1CCNCC1. The summed E-state index contributed by atoms with van der Waals surface area (Å²) in [5.41, 5.74) is 0.628. The van der Waals surface area contributed by atoms with Crippen LogP contribution in [0.25, 0.3) is 0 Å². The lowest BCUT2D eigenvalue weighted by Gasteiger charge is -2.31. The largest absolute Gasteiger partial charge is 0.339 e. The quantitative estimate of drug-likeness (QED) is 0.901. The second kappa shape index (κ2) is 6.81. The molecule has 110 valence electrons. The van der Waals surface area contributed by atoms with Crippen LogP contribution >= 0.6 is 0 Å². The molecule has 1 N–H and O–H groups in total. The van der Waals surface area contributed by atoms with E-state index in [2.05, 4.69) is 5.32 Å². The zero-order valence-corrected chi connectivity index (χ0v) is 12.1. The summed E-state index contributed by atoms with van der Waals surface area (Å²) in [7, 11) is 1.86. The van der Waals surface area contributed by atoms with Crippen LogP contribution in [-0.2, 0) is 4.79 Å². The molecule has 2 rings (SSSR count). The molecule has 0 aliphatic carbocycles. The first-order valence-corrected chi connectivity index (χ1v) is 7.02. The van der Waals surface area contributed by atoms with E-state index in [9.17, 15) is 9.18 Å². The van der Waals surface area contributed by atoms with E-state index < -0.39 is 0 Å². The molecule has 1 aliphatic rings. The molecule has 0 saturated carbocycles. The van der Waals surface area contributed by atoms with Crippen molar-refractivity contribution < 1.29 is 9.18 Å². The zero-order chi connectivity index (χ0) is 14.5. The van der Waals surface area contributed by atoms with Gasteiger partial charge in [-0.2, -0.15) is 0 Å². The van der Waals surface area contributed by atoms with Gasteiger partial charge in [0.1, 0.15) is 5.82 Å². The first-order valence-electron chi connectivity index (χ1n) is 7.02. The smallest absolute Gasteiger partial charge is 0.236 e. The molecule has 1 aromatic rings.